The van der Waals surface area contributed by atoms with E-state index in [2.05, 4.69) is 9.71 Å². The molecule has 0 unspecified atom stereocenters. The molecule has 1 amide bonds. The molecule has 172 valence electrons. The van der Waals surface area contributed by atoms with Crippen molar-refractivity contribution in [1.82, 2.24) is 14.6 Å². The van der Waals surface area contributed by atoms with Crippen molar-refractivity contribution in [3.63, 3.8) is 0 Å². The standard InChI is InChI=1S/C21H23F3N4O3S/c22-21(23,24)16-4-9-19(25-14-16)27-10-1-11-28(13-12-27)20(29)15-2-7-18(8-3-15)32(30,31)26-17-5-6-17/h2-4,7-9,14,17,26H,1,5-6,10-13H2. The van der Waals surface area contributed by atoms with Crippen molar-refractivity contribution in [1.29, 1.82) is 0 Å². The summed E-state index contributed by atoms with van der Waals surface area (Å²) in [6.07, 6.45) is -1.31. The summed E-state index contributed by atoms with van der Waals surface area (Å²) >= 11 is 0. The molecule has 1 aromatic heterocycles. The summed E-state index contributed by atoms with van der Waals surface area (Å²) in [4.78, 5) is 20.5. The van der Waals surface area contributed by atoms with E-state index in [1.165, 1.54) is 30.3 Å². The normalized spacial score (nSPS) is 17.8. The molecule has 7 nitrogen and oxygen atoms in total. The van der Waals surface area contributed by atoms with Crippen molar-refractivity contribution in [2.24, 2.45) is 0 Å². The molecule has 0 spiro atoms. The fraction of sp³-hybridized carbons (Fsp3) is 0.429. The Hall–Kier alpha value is -2.66. The number of carbonyl (C=O) groups is 1. The van der Waals surface area contributed by atoms with Crippen molar-refractivity contribution in [2.45, 2.75) is 36.4 Å². The van der Waals surface area contributed by atoms with Crippen LogP contribution in [-0.4, -0.2) is 56.4 Å². The van der Waals surface area contributed by atoms with E-state index in [-0.39, 0.29) is 16.8 Å². The summed E-state index contributed by atoms with van der Waals surface area (Å²) < 4.78 is 65.4. The number of rotatable bonds is 5. The zero-order valence-corrected chi connectivity index (χ0v) is 18.0. The highest BCUT2D eigenvalue weighted by atomic mass is 32.2. The second kappa shape index (κ2) is 8.70. The maximum atomic E-state index is 12.9. The van der Waals surface area contributed by atoms with E-state index < -0.39 is 21.8 Å². The van der Waals surface area contributed by atoms with Gasteiger partial charge in [0.25, 0.3) is 5.91 Å². The first-order valence-electron chi connectivity index (χ1n) is 10.3. The Bertz CT molecular complexity index is 1070. The molecule has 1 N–H and O–H groups in total. The summed E-state index contributed by atoms with van der Waals surface area (Å²) in [5, 5.41) is 0. The van der Waals surface area contributed by atoms with Crippen molar-refractivity contribution < 1.29 is 26.4 Å². The predicted molar refractivity (Wildman–Crippen MR) is 112 cm³/mol. The molecule has 0 atom stereocenters. The number of hydrogen-bond donors (Lipinski definition) is 1. The zero-order chi connectivity index (χ0) is 22.9. The highest BCUT2D eigenvalue weighted by Crippen LogP contribution is 2.29. The number of halogens is 3. The number of benzene rings is 1. The van der Waals surface area contributed by atoms with Crippen LogP contribution in [0.2, 0.25) is 0 Å². The second-order valence-electron chi connectivity index (χ2n) is 7.96. The molecule has 1 aliphatic carbocycles. The van der Waals surface area contributed by atoms with Gasteiger partial charge in [-0.2, -0.15) is 13.2 Å². The van der Waals surface area contributed by atoms with Crippen LogP contribution in [0.5, 0.6) is 0 Å². The van der Waals surface area contributed by atoms with Gasteiger partial charge in [0.2, 0.25) is 10.0 Å². The Labute approximate surface area is 184 Å². The number of amides is 1. The Kier molecular flexibility index (Phi) is 6.13. The minimum Gasteiger partial charge on any atom is -0.355 e. The highest BCUT2D eigenvalue weighted by Gasteiger charge is 2.31. The SMILES string of the molecule is O=C(c1ccc(S(=O)(=O)NC2CC2)cc1)N1CCCN(c2ccc(C(F)(F)F)cn2)CC1. The first-order chi connectivity index (χ1) is 15.1. The van der Waals surface area contributed by atoms with E-state index in [4.69, 9.17) is 0 Å². The van der Waals surface area contributed by atoms with Gasteiger partial charge in [0.05, 0.1) is 10.5 Å². The number of carbonyl (C=O) groups excluding carboxylic acids is 1. The molecule has 32 heavy (non-hydrogen) atoms. The minimum absolute atomic E-state index is 0.000472. The van der Waals surface area contributed by atoms with Crippen LogP contribution in [0.15, 0.2) is 47.5 Å². The molecule has 2 aromatic rings. The summed E-state index contributed by atoms with van der Waals surface area (Å²) in [6.45, 7) is 1.86. The number of sulfonamides is 1. The summed E-state index contributed by atoms with van der Waals surface area (Å²) in [6, 6.07) is 8.20. The Morgan fingerprint density at radius 3 is 2.31 bits per heavy atom. The number of pyridine rings is 1. The average molecular weight is 469 g/mol. The topological polar surface area (TPSA) is 82.6 Å². The molecule has 1 aromatic carbocycles. The smallest absolute Gasteiger partial charge is 0.355 e. The van der Waals surface area contributed by atoms with Gasteiger partial charge in [-0.3, -0.25) is 4.79 Å². The van der Waals surface area contributed by atoms with Crippen LogP contribution in [0.1, 0.15) is 35.2 Å². The van der Waals surface area contributed by atoms with Crippen LogP contribution in [0.25, 0.3) is 0 Å². The van der Waals surface area contributed by atoms with Crippen molar-refractivity contribution >= 4 is 21.7 Å². The van der Waals surface area contributed by atoms with Gasteiger partial charge in [0.1, 0.15) is 5.82 Å². The van der Waals surface area contributed by atoms with Crippen molar-refractivity contribution in [2.75, 3.05) is 31.1 Å². The maximum absolute atomic E-state index is 12.9. The predicted octanol–water partition coefficient (Wildman–Crippen LogP) is 2.89. The quantitative estimate of drug-likeness (QED) is 0.730. The monoisotopic (exact) mass is 468 g/mol. The molecule has 11 heteroatoms. The van der Waals surface area contributed by atoms with Crippen LogP contribution >= 0.6 is 0 Å². The molecule has 1 saturated heterocycles. The van der Waals surface area contributed by atoms with E-state index in [9.17, 15) is 26.4 Å². The number of aromatic nitrogens is 1. The number of nitrogens with zero attached hydrogens (tertiary/aromatic N) is 3. The summed E-state index contributed by atoms with van der Waals surface area (Å²) in [5.41, 5.74) is -0.415. The van der Waals surface area contributed by atoms with Crippen LogP contribution in [0.4, 0.5) is 19.0 Å². The first kappa shape index (κ1) is 22.5. The Balaban J connectivity index is 1.39. The third-order valence-corrected chi connectivity index (χ3v) is 7.03. The Morgan fingerprint density at radius 1 is 1.00 bits per heavy atom. The molecule has 2 heterocycles. The van der Waals surface area contributed by atoms with Gasteiger partial charge >= 0.3 is 6.18 Å². The van der Waals surface area contributed by atoms with Crippen LogP contribution in [0, 0.1) is 0 Å². The average Bonchev–Trinajstić information content (AvgIpc) is 3.59. The van der Waals surface area contributed by atoms with Crippen LogP contribution in [0.3, 0.4) is 0 Å². The molecule has 4 rings (SSSR count). The second-order valence-corrected chi connectivity index (χ2v) is 9.67. The zero-order valence-electron chi connectivity index (χ0n) is 17.2. The summed E-state index contributed by atoms with van der Waals surface area (Å²) in [7, 11) is -3.58. The minimum atomic E-state index is -4.43. The first-order valence-corrected chi connectivity index (χ1v) is 11.8. The van der Waals surface area contributed by atoms with Crippen LogP contribution in [-0.2, 0) is 16.2 Å². The molecule has 0 radical (unpaired) electrons. The summed E-state index contributed by atoms with van der Waals surface area (Å²) in [5.74, 6) is 0.219. The molecular formula is C21H23F3N4O3S. The van der Waals surface area contributed by atoms with E-state index >= 15 is 0 Å². The van der Waals surface area contributed by atoms with Crippen molar-refractivity contribution in [3.05, 3.63) is 53.7 Å². The lowest BCUT2D eigenvalue weighted by atomic mass is 10.2. The largest absolute Gasteiger partial charge is 0.417 e. The lowest BCUT2D eigenvalue weighted by molar-refractivity contribution is -0.137. The van der Waals surface area contributed by atoms with Gasteiger partial charge in [-0.1, -0.05) is 0 Å². The molecular weight excluding hydrogens is 445 g/mol. The van der Waals surface area contributed by atoms with Gasteiger partial charge in [-0.05, 0) is 55.7 Å². The number of nitrogens with one attached hydrogen (secondary N) is 1. The highest BCUT2D eigenvalue weighted by molar-refractivity contribution is 7.89. The molecule has 2 aliphatic rings. The lowest BCUT2D eigenvalue weighted by Gasteiger charge is -2.23. The molecule has 2 fully saturated rings. The number of anilines is 1. The third-order valence-electron chi connectivity index (χ3n) is 5.49. The molecule has 1 saturated carbocycles. The van der Waals surface area contributed by atoms with Gasteiger partial charge in [0.15, 0.2) is 0 Å². The lowest BCUT2D eigenvalue weighted by Crippen LogP contribution is -2.35. The van der Waals surface area contributed by atoms with E-state index in [1.54, 1.807) is 4.90 Å². The van der Waals surface area contributed by atoms with Gasteiger partial charge in [0, 0.05) is 44.0 Å². The molecule has 1 aliphatic heterocycles. The molecule has 0 bridgehead atoms. The van der Waals surface area contributed by atoms with E-state index in [0.29, 0.717) is 44.0 Å². The van der Waals surface area contributed by atoms with Gasteiger partial charge in [-0.15, -0.1) is 0 Å². The fourth-order valence-corrected chi connectivity index (χ4v) is 4.84. The number of hydrogen-bond acceptors (Lipinski definition) is 5. The fourth-order valence-electron chi connectivity index (χ4n) is 3.54. The Morgan fingerprint density at radius 2 is 1.72 bits per heavy atom. The van der Waals surface area contributed by atoms with Crippen molar-refractivity contribution in [3.8, 4) is 0 Å². The van der Waals surface area contributed by atoms with Crippen LogP contribution < -0.4 is 9.62 Å². The number of alkyl halides is 3. The van der Waals surface area contributed by atoms with Gasteiger partial charge in [-0.25, -0.2) is 18.1 Å². The van der Waals surface area contributed by atoms with E-state index in [1.807, 2.05) is 4.90 Å². The van der Waals surface area contributed by atoms with E-state index in [0.717, 1.165) is 25.1 Å². The van der Waals surface area contributed by atoms with Gasteiger partial charge < -0.3 is 9.80 Å². The third kappa shape index (κ3) is 5.21. The maximum Gasteiger partial charge on any atom is 0.417 e.